The first-order valence-corrected chi connectivity index (χ1v) is 4.79. The lowest BCUT2D eigenvalue weighted by Gasteiger charge is -2.06. The lowest BCUT2D eigenvalue weighted by molar-refractivity contribution is 0.569. The van der Waals surface area contributed by atoms with Crippen molar-refractivity contribution in [3.05, 3.63) is 0 Å². The van der Waals surface area contributed by atoms with Gasteiger partial charge >= 0.3 is 0 Å². The predicted molar refractivity (Wildman–Crippen MR) is 52.8 cm³/mol. The average molecular weight is 165 g/mol. The van der Waals surface area contributed by atoms with E-state index < -0.39 is 0 Å². The largest absolute Gasteiger partial charge is 0.306 e. The van der Waals surface area contributed by atoms with Gasteiger partial charge < -0.3 is 5.32 Å². The summed E-state index contributed by atoms with van der Waals surface area (Å²) in [7, 11) is 0. The van der Waals surface area contributed by atoms with Crippen LogP contribution in [0, 0.1) is 23.2 Å². The molecule has 1 saturated carbocycles. The minimum atomic E-state index is 0.154. The van der Waals surface area contributed by atoms with E-state index in [1.807, 2.05) is 0 Å². The molecule has 0 radical (unpaired) electrons. The van der Waals surface area contributed by atoms with E-state index in [2.05, 4.69) is 37.9 Å². The molecule has 0 bridgehead atoms. The van der Waals surface area contributed by atoms with Crippen LogP contribution in [-0.4, -0.2) is 13.1 Å². The minimum Gasteiger partial charge on any atom is -0.306 e. The first-order chi connectivity index (χ1) is 5.58. The molecule has 1 heteroatoms. The van der Waals surface area contributed by atoms with Crippen molar-refractivity contribution in [1.82, 2.24) is 5.32 Å². The van der Waals surface area contributed by atoms with Crippen LogP contribution in [0.1, 0.15) is 33.6 Å². The maximum Gasteiger partial charge on any atom is 0.0576 e. The summed E-state index contributed by atoms with van der Waals surface area (Å²) < 4.78 is 0. The quantitative estimate of drug-likeness (QED) is 0.498. The number of rotatable bonds is 3. The monoisotopic (exact) mass is 165 g/mol. The van der Waals surface area contributed by atoms with Crippen molar-refractivity contribution in [3.8, 4) is 11.8 Å². The molecule has 0 aromatic rings. The third-order valence-electron chi connectivity index (χ3n) is 1.81. The second-order valence-electron chi connectivity index (χ2n) is 4.63. The van der Waals surface area contributed by atoms with Crippen LogP contribution in [0.15, 0.2) is 0 Å². The van der Waals surface area contributed by atoms with Gasteiger partial charge in [0.05, 0.1) is 6.54 Å². The Labute approximate surface area is 75.9 Å². The van der Waals surface area contributed by atoms with Crippen molar-refractivity contribution < 1.29 is 0 Å². The smallest absolute Gasteiger partial charge is 0.0576 e. The molecular formula is C11H19N. The van der Waals surface area contributed by atoms with Gasteiger partial charge in [0, 0.05) is 5.41 Å². The maximum absolute atomic E-state index is 3.35. The molecule has 1 aliphatic carbocycles. The average Bonchev–Trinajstić information content (AvgIpc) is 2.68. The third kappa shape index (κ3) is 5.21. The topological polar surface area (TPSA) is 12.0 Å². The highest BCUT2D eigenvalue weighted by Gasteiger charge is 2.19. The van der Waals surface area contributed by atoms with Crippen molar-refractivity contribution in [2.75, 3.05) is 13.1 Å². The molecule has 0 spiro atoms. The van der Waals surface area contributed by atoms with Crippen molar-refractivity contribution in [1.29, 1.82) is 0 Å². The second kappa shape index (κ2) is 3.96. The van der Waals surface area contributed by atoms with Crippen LogP contribution in [0.25, 0.3) is 0 Å². The second-order valence-corrected chi connectivity index (χ2v) is 4.63. The van der Waals surface area contributed by atoms with Crippen LogP contribution in [0.2, 0.25) is 0 Å². The van der Waals surface area contributed by atoms with Gasteiger partial charge in [-0.05, 0) is 46.1 Å². The molecule has 1 nitrogen and oxygen atoms in total. The van der Waals surface area contributed by atoms with Gasteiger partial charge in [0.2, 0.25) is 0 Å². The minimum absolute atomic E-state index is 0.154. The third-order valence-corrected chi connectivity index (χ3v) is 1.81. The standard InChI is InChI=1S/C11H19N/c1-11(2,3)7-4-8-12-9-10-5-6-10/h10,12H,5-6,8-9H2,1-3H3. The highest BCUT2D eigenvalue weighted by atomic mass is 14.9. The van der Waals surface area contributed by atoms with Crippen LogP contribution < -0.4 is 5.32 Å². The Morgan fingerprint density at radius 3 is 2.50 bits per heavy atom. The zero-order valence-electron chi connectivity index (χ0n) is 8.41. The highest BCUT2D eigenvalue weighted by molar-refractivity contribution is 5.08. The normalized spacial score (nSPS) is 16.9. The van der Waals surface area contributed by atoms with E-state index in [-0.39, 0.29) is 5.41 Å². The van der Waals surface area contributed by atoms with Gasteiger partial charge in [-0.2, -0.15) is 0 Å². The summed E-state index contributed by atoms with van der Waals surface area (Å²) in [5, 5.41) is 3.35. The van der Waals surface area contributed by atoms with Crippen molar-refractivity contribution in [3.63, 3.8) is 0 Å². The zero-order valence-corrected chi connectivity index (χ0v) is 8.41. The Morgan fingerprint density at radius 2 is 2.00 bits per heavy atom. The van der Waals surface area contributed by atoms with E-state index in [9.17, 15) is 0 Å². The molecule has 12 heavy (non-hydrogen) atoms. The Hall–Kier alpha value is -0.480. The van der Waals surface area contributed by atoms with Crippen molar-refractivity contribution in [2.45, 2.75) is 33.6 Å². The van der Waals surface area contributed by atoms with E-state index in [0.29, 0.717) is 0 Å². The number of nitrogens with one attached hydrogen (secondary N) is 1. The molecule has 1 fully saturated rings. The van der Waals surface area contributed by atoms with Crippen LogP contribution in [0.5, 0.6) is 0 Å². The molecule has 1 aliphatic rings. The predicted octanol–water partition coefficient (Wildman–Crippen LogP) is 2.04. The van der Waals surface area contributed by atoms with Gasteiger partial charge in [-0.1, -0.05) is 11.8 Å². The Morgan fingerprint density at radius 1 is 1.33 bits per heavy atom. The first kappa shape index (κ1) is 9.61. The molecular weight excluding hydrogens is 146 g/mol. The molecule has 0 unspecified atom stereocenters. The summed E-state index contributed by atoms with van der Waals surface area (Å²) in [5.41, 5.74) is 0.154. The fraction of sp³-hybridized carbons (Fsp3) is 0.818. The Balaban J connectivity index is 2.02. The number of hydrogen-bond donors (Lipinski definition) is 1. The summed E-state index contributed by atoms with van der Waals surface area (Å²) in [4.78, 5) is 0. The molecule has 0 atom stereocenters. The molecule has 0 aromatic carbocycles. The van der Waals surface area contributed by atoms with E-state index in [1.54, 1.807) is 0 Å². The summed E-state index contributed by atoms with van der Waals surface area (Å²) in [6.45, 7) is 8.44. The van der Waals surface area contributed by atoms with E-state index in [1.165, 1.54) is 19.4 Å². The van der Waals surface area contributed by atoms with E-state index in [0.717, 1.165) is 12.5 Å². The lowest BCUT2D eigenvalue weighted by atomic mass is 9.98. The van der Waals surface area contributed by atoms with Crippen LogP contribution >= 0.6 is 0 Å². The van der Waals surface area contributed by atoms with Crippen LogP contribution in [-0.2, 0) is 0 Å². The molecule has 0 aromatic heterocycles. The summed E-state index contributed by atoms with van der Waals surface area (Å²) in [5.74, 6) is 7.31. The fourth-order valence-corrected chi connectivity index (χ4v) is 0.970. The summed E-state index contributed by atoms with van der Waals surface area (Å²) in [6.07, 6.45) is 2.83. The molecule has 0 saturated heterocycles. The zero-order chi connectivity index (χ0) is 9.03. The fourth-order valence-electron chi connectivity index (χ4n) is 0.970. The van der Waals surface area contributed by atoms with Crippen molar-refractivity contribution in [2.24, 2.45) is 11.3 Å². The van der Waals surface area contributed by atoms with Gasteiger partial charge in [0.25, 0.3) is 0 Å². The molecule has 1 N–H and O–H groups in total. The van der Waals surface area contributed by atoms with E-state index >= 15 is 0 Å². The Kier molecular flexibility index (Phi) is 3.17. The van der Waals surface area contributed by atoms with Gasteiger partial charge in [0.15, 0.2) is 0 Å². The maximum atomic E-state index is 3.35. The molecule has 0 heterocycles. The SMILES string of the molecule is CC(C)(C)C#CCNCC1CC1. The van der Waals surface area contributed by atoms with Crippen LogP contribution in [0.4, 0.5) is 0 Å². The van der Waals surface area contributed by atoms with E-state index in [4.69, 9.17) is 0 Å². The molecule has 68 valence electrons. The van der Waals surface area contributed by atoms with Crippen molar-refractivity contribution >= 4 is 0 Å². The molecule has 0 aliphatic heterocycles. The summed E-state index contributed by atoms with van der Waals surface area (Å²) >= 11 is 0. The highest BCUT2D eigenvalue weighted by Crippen LogP contribution is 2.27. The summed E-state index contributed by atoms with van der Waals surface area (Å²) in [6, 6.07) is 0. The Bertz CT molecular complexity index is 185. The molecule has 0 amide bonds. The van der Waals surface area contributed by atoms with Gasteiger partial charge in [-0.25, -0.2) is 0 Å². The van der Waals surface area contributed by atoms with Gasteiger partial charge in [-0.15, -0.1) is 0 Å². The number of hydrogen-bond acceptors (Lipinski definition) is 1. The van der Waals surface area contributed by atoms with Gasteiger partial charge in [0.1, 0.15) is 0 Å². The molecule has 1 rings (SSSR count). The lowest BCUT2D eigenvalue weighted by Crippen LogP contribution is -2.17. The van der Waals surface area contributed by atoms with Crippen LogP contribution in [0.3, 0.4) is 0 Å². The van der Waals surface area contributed by atoms with Gasteiger partial charge in [-0.3, -0.25) is 0 Å². The first-order valence-electron chi connectivity index (χ1n) is 4.79.